The van der Waals surface area contributed by atoms with Gasteiger partial charge in [-0.25, -0.2) is 0 Å². The average Bonchev–Trinajstić information content (AvgIpc) is 3.11. The minimum atomic E-state index is -0.119. The molecule has 1 N–H and O–H groups in total. The van der Waals surface area contributed by atoms with E-state index in [9.17, 15) is 4.79 Å². The van der Waals surface area contributed by atoms with E-state index < -0.39 is 0 Å². The molecule has 0 aliphatic carbocycles. The number of carbonyl (C=O) groups excluding carboxylic acids is 1. The van der Waals surface area contributed by atoms with Gasteiger partial charge in [0.25, 0.3) is 5.91 Å². The van der Waals surface area contributed by atoms with Crippen LogP contribution in [0.5, 0.6) is 0 Å². The summed E-state index contributed by atoms with van der Waals surface area (Å²) >= 11 is 0. The summed E-state index contributed by atoms with van der Waals surface area (Å²) in [7, 11) is 0. The van der Waals surface area contributed by atoms with Gasteiger partial charge in [0, 0.05) is 23.4 Å². The van der Waals surface area contributed by atoms with E-state index in [1.807, 2.05) is 60.0 Å². The third-order valence-corrected chi connectivity index (χ3v) is 3.96. The number of nitrogens with one attached hydrogen (secondary N) is 1. The van der Waals surface area contributed by atoms with E-state index in [-0.39, 0.29) is 5.91 Å². The summed E-state index contributed by atoms with van der Waals surface area (Å²) in [4.78, 5) is 12.4. The highest BCUT2D eigenvalue weighted by atomic mass is 16.1. The third-order valence-electron chi connectivity index (χ3n) is 3.96. The van der Waals surface area contributed by atoms with Crippen LogP contribution >= 0.6 is 0 Å². The van der Waals surface area contributed by atoms with Crippen LogP contribution in [0.25, 0.3) is 11.4 Å². The monoisotopic (exact) mass is 320 g/mol. The van der Waals surface area contributed by atoms with Gasteiger partial charge in [-0.1, -0.05) is 31.2 Å². The van der Waals surface area contributed by atoms with E-state index in [4.69, 9.17) is 0 Å². The van der Waals surface area contributed by atoms with Crippen LogP contribution in [-0.2, 0) is 13.0 Å². The molecule has 24 heavy (non-hydrogen) atoms. The lowest BCUT2D eigenvalue weighted by atomic mass is 10.1. The summed E-state index contributed by atoms with van der Waals surface area (Å²) in [6.45, 7) is 4.93. The Balaban J connectivity index is 1.80. The lowest BCUT2D eigenvalue weighted by Gasteiger charge is -2.08. The van der Waals surface area contributed by atoms with Crippen molar-refractivity contribution in [2.75, 3.05) is 5.32 Å². The molecule has 3 aromatic rings. The van der Waals surface area contributed by atoms with Crippen molar-refractivity contribution in [2.24, 2.45) is 0 Å². The summed E-state index contributed by atoms with van der Waals surface area (Å²) in [5.41, 5.74) is 3.53. The van der Waals surface area contributed by atoms with Gasteiger partial charge < -0.3 is 9.88 Å². The van der Waals surface area contributed by atoms with Crippen LogP contribution in [0.2, 0.25) is 0 Å². The quantitative estimate of drug-likeness (QED) is 0.778. The molecular formula is C19H20N4O. The fourth-order valence-electron chi connectivity index (χ4n) is 2.54. The van der Waals surface area contributed by atoms with Crippen molar-refractivity contribution in [3.63, 3.8) is 0 Å². The molecule has 5 heteroatoms. The number of aromatic nitrogens is 3. The Morgan fingerprint density at radius 3 is 2.62 bits per heavy atom. The molecule has 0 aliphatic rings. The van der Waals surface area contributed by atoms with Crippen molar-refractivity contribution < 1.29 is 4.79 Å². The highest BCUT2D eigenvalue weighted by Gasteiger charge is 2.09. The van der Waals surface area contributed by atoms with Crippen molar-refractivity contribution in [1.29, 1.82) is 0 Å². The molecule has 0 aliphatic heterocycles. The first-order valence-electron chi connectivity index (χ1n) is 8.09. The van der Waals surface area contributed by atoms with E-state index in [1.54, 1.807) is 6.33 Å². The normalized spacial score (nSPS) is 10.6. The summed E-state index contributed by atoms with van der Waals surface area (Å²) in [5, 5.41) is 11.0. The first kappa shape index (κ1) is 15.9. The minimum Gasteiger partial charge on any atom is -0.322 e. The smallest absolute Gasteiger partial charge is 0.255 e. The number of rotatable bonds is 5. The summed E-state index contributed by atoms with van der Waals surface area (Å²) < 4.78 is 1.96. The van der Waals surface area contributed by atoms with Crippen molar-refractivity contribution >= 4 is 11.6 Å². The van der Waals surface area contributed by atoms with E-state index >= 15 is 0 Å². The third kappa shape index (κ3) is 3.35. The molecule has 1 heterocycles. The summed E-state index contributed by atoms with van der Waals surface area (Å²) in [6.07, 6.45) is 2.66. The number of hydrogen-bond acceptors (Lipinski definition) is 3. The zero-order chi connectivity index (χ0) is 16.9. The molecule has 0 spiro atoms. The molecule has 3 rings (SSSR count). The second-order valence-corrected chi connectivity index (χ2v) is 5.53. The van der Waals surface area contributed by atoms with Crippen LogP contribution in [-0.4, -0.2) is 20.7 Å². The molecular weight excluding hydrogens is 300 g/mol. The molecule has 0 fully saturated rings. The van der Waals surface area contributed by atoms with Gasteiger partial charge in [0.2, 0.25) is 0 Å². The van der Waals surface area contributed by atoms with Crippen LogP contribution in [0.15, 0.2) is 54.9 Å². The Kier molecular flexibility index (Phi) is 4.70. The molecule has 5 nitrogen and oxygen atoms in total. The Bertz CT molecular complexity index is 837. The predicted octanol–water partition coefficient (Wildman–Crippen LogP) is 3.78. The van der Waals surface area contributed by atoms with Gasteiger partial charge in [0.15, 0.2) is 5.82 Å². The second-order valence-electron chi connectivity index (χ2n) is 5.53. The number of aryl methyl sites for hydroxylation is 2. The SMILES string of the molecule is CCc1ccc(C(=O)Nc2cccc(-c3nncn3CC)c2)cc1. The average molecular weight is 320 g/mol. The second kappa shape index (κ2) is 7.08. The number of hydrogen-bond donors (Lipinski definition) is 1. The maximum atomic E-state index is 12.4. The van der Waals surface area contributed by atoms with Crippen LogP contribution in [0.3, 0.4) is 0 Å². The molecule has 0 bridgehead atoms. The van der Waals surface area contributed by atoms with E-state index in [2.05, 4.69) is 22.4 Å². The minimum absolute atomic E-state index is 0.119. The van der Waals surface area contributed by atoms with Crippen molar-refractivity contribution in [3.05, 3.63) is 66.0 Å². The molecule has 1 aromatic heterocycles. The molecule has 122 valence electrons. The molecule has 0 saturated carbocycles. The van der Waals surface area contributed by atoms with Crippen molar-refractivity contribution in [1.82, 2.24) is 14.8 Å². The Labute approximate surface area is 141 Å². The van der Waals surface area contributed by atoms with E-state index in [0.29, 0.717) is 5.56 Å². The van der Waals surface area contributed by atoms with Gasteiger partial charge in [-0.15, -0.1) is 10.2 Å². The summed E-state index contributed by atoms with van der Waals surface area (Å²) in [6, 6.07) is 15.3. The highest BCUT2D eigenvalue weighted by Crippen LogP contribution is 2.21. The highest BCUT2D eigenvalue weighted by molar-refractivity contribution is 6.04. The zero-order valence-electron chi connectivity index (χ0n) is 13.9. The van der Waals surface area contributed by atoms with Crippen LogP contribution in [0, 0.1) is 0 Å². The van der Waals surface area contributed by atoms with Gasteiger partial charge in [-0.3, -0.25) is 4.79 Å². The van der Waals surface area contributed by atoms with Crippen LogP contribution in [0.1, 0.15) is 29.8 Å². The largest absolute Gasteiger partial charge is 0.322 e. The fraction of sp³-hybridized carbons (Fsp3) is 0.211. The topological polar surface area (TPSA) is 59.8 Å². The van der Waals surface area contributed by atoms with Crippen molar-refractivity contribution in [2.45, 2.75) is 26.8 Å². The van der Waals surface area contributed by atoms with Gasteiger partial charge in [-0.2, -0.15) is 0 Å². The van der Waals surface area contributed by atoms with E-state index in [0.717, 1.165) is 30.0 Å². The number of amides is 1. The van der Waals surface area contributed by atoms with Crippen molar-refractivity contribution in [3.8, 4) is 11.4 Å². The first-order valence-corrected chi connectivity index (χ1v) is 8.09. The Hall–Kier alpha value is -2.95. The number of carbonyl (C=O) groups is 1. The van der Waals surface area contributed by atoms with Crippen LogP contribution in [0.4, 0.5) is 5.69 Å². The van der Waals surface area contributed by atoms with Gasteiger partial charge in [-0.05, 0) is 43.2 Å². The van der Waals surface area contributed by atoms with Crippen LogP contribution < -0.4 is 5.32 Å². The maximum Gasteiger partial charge on any atom is 0.255 e. The summed E-state index contributed by atoms with van der Waals surface area (Å²) in [5.74, 6) is 0.674. The lowest BCUT2D eigenvalue weighted by molar-refractivity contribution is 0.102. The van der Waals surface area contributed by atoms with Gasteiger partial charge in [0.05, 0.1) is 0 Å². The Morgan fingerprint density at radius 1 is 1.12 bits per heavy atom. The number of anilines is 1. The predicted molar refractivity (Wildman–Crippen MR) is 94.9 cm³/mol. The standard InChI is InChI=1S/C19H20N4O/c1-3-14-8-10-15(11-9-14)19(24)21-17-7-5-6-16(12-17)18-22-20-13-23(18)4-2/h5-13H,3-4H2,1-2H3,(H,21,24). The molecule has 0 radical (unpaired) electrons. The lowest BCUT2D eigenvalue weighted by Crippen LogP contribution is -2.12. The number of nitrogens with zero attached hydrogens (tertiary/aromatic N) is 3. The zero-order valence-corrected chi connectivity index (χ0v) is 13.9. The van der Waals surface area contributed by atoms with Gasteiger partial charge in [0.1, 0.15) is 6.33 Å². The first-order chi connectivity index (χ1) is 11.7. The molecule has 0 saturated heterocycles. The maximum absolute atomic E-state index is 12.4. The molecule has 0 atom stereocenters. The van der Waals surface area contributed by atoms with Gasteiger partial charge >= 0.3 is 0 Å². The molecule has 0 unspecified atom stereocenters. The molecule has 1 amide bonds. The van der Waals surface area contributed by atoms with E-state index in [1.165, 1.54) is 5.56 Å². The molecule has 2 aromatic carbocycles. The number of benzene rings is 2. The fourth-order valence-corrected chi connectivity index (χ4v) is 2.54. The Morgan fingerprint density at radius 2 is 1.92 bits per heavy atom.